The van der Waals surface area contributed by atoms with E-state index in [1.54, 1.807) is 48.5 Å². The van der Waals surface area contributed by atoms with Crippen molar-refractivity contribution >= 4 is 23.5 Å². The molecule has 2 aromatic carbocycles. The Labute approximate surface area is 174 Å². The molecule has 30 heavy (non-hydrogen) atoms. The summed E-state index contributed by atoms with van der Waals surface area (Å²) < 4.78 is 5.11. The van der Waals surface area contributed by atoms with E-state index in [4.69, 9.17) is 15.3 Å². The lowest BCUT2D eigenvalue weighted by molar-refractivity contribution is -0.134. The van der Waals surface area contributed by atoms with Crippen molar-refractivity contribution in [1.29, 1.82) is 10.5 Å². The molecule has 0 saturated heterocycles. The van der Waals surface area contributed by atoms with E-state index < -0.39 is 18.5 Å². The van der Waals surface area contributed by atoms with Crippen LogP contribution in [0.3, 0.4) is 0 Å². The van der Waals surface area contributed by atoms with Crippen LogP contribution in [0.2, 0.25) is 0 Å². The number of nitrogens with zero attached hydrogens (tertiary/aromatic N) is 3. The third-order valence-electron chi connectivity index (χ3n) is 4.10. The van der Waals surface area contributed by atoms with Crippen molar-refractivity contribution in [2.45, 2.75) is 12.8 Å². The molecule has 8 nitrogen and oxygen atoms in total. The Balaban J connectivity index is 2.03. The van der Waals surface area contributed by atoms with Crippen LogP contribution in [0.25, 0.3) is 0 Å². The van der Waals surface area contributed by atoms with E-state index in [0.29, 0.717) is 5.56 Å². The van der Waals surface area contributed by atoms with Gasteiger partial charge in [0.15, 0.2) is 6.61 Å². The van der Waals surface area contributed by atoms with Crippen LogP contribution in [0.5, 0.6) is 0 Å². The van der Waals surface area contributed by atoms with Gasteiger partial charge < -0.3 is 15.0 Å². The minimum atomic E-state index is -0.771. The summed E-state index contributed by atoms with van der Waals surface area (Å²) >= 11 is 0. The Morgan fingerprint density at radius 1 is 0.900 bits per heavy atom. The molecule has 0 heterocycles. The lowest BCUT2D eigenvalue weighted by atomic mass is 10.1. The summed E-state index contributed by atoms with van der Waals surface area (Å²) in [7, 11) is 0. The zero-order chi connectivity index (χ0) is 21.8. The molecule has 0 saturated carbocycles. The number of hydrogen-bond donors (Lipinski definition) is 1. The van der Waals surface area contributed by atoms with Gasteiger partial charge >= 0.3 is 5.97 Å². The number of carbonyl (C=O) groups is 3. The van der Waals surface area contributed by atoms with Crippen LogP contribution in [0.15, 0.2) is 54.6 Å². The molecular formula is C22H20N4O4. The average Bonchev–Trinajstić information content (AvgIpc) is 2.78. The van der Waals surface area contributed by atoms with Gasteiger partial charge in [0.05, 0.1) is 36.2 Å². The van der Waals surface area contributed by atoms with E-state index in [2.05, 4.69) is 5.32 Å². The number of hydrogen-bond acceptors (Lipinski definition) is 6. The fraction of sp³-hybridized carbons (Fsp3) is 0.227. The second-order valence-corrected chi connectivity index (χ2v) is 6.14. The highest BCUT2D eigenvalue weighted by Gasteiger charge is 2.19. The number of carbonyl (C=O) groups excluding carboxylic acids is 3. The number of anilines is 1. The topological polar surface area (TPSA) is 123 Å². The van der Waals surface area contributed by atoms with Crippen LogP contribution in [-0.2, 0) is 9.53 Å². The Bertz CT molecular complexity index is 959. The van der Waals surface area contributed by atoms with Crippen molar-refractivity contribution < 1.29 is 19.1 Å². The summed E-state index contributed by atoms with van der Waals surface area (Å²) in [5.41, 5.74) is 0.797. The predicted octanol–water partition coefficient (Wildman–Crippen LogP) is 2.75. The van der Waals surface area contributed by atoms with Crippen LogP contribution in [-0.4, -0.2) is 42.4 Å². The van der Waals surface area contributed by atoms with Gasteiger partial charge in [-0.3, -0.25) is 9.59 Å². The molecular weight excluding hydrogens is 384 g/mol. The molecule has 0 unspecified atom stereocenters. The molecule has 2 rings (SSSR count). The first kappa shape index (κ1) is 22.1. The molecule has 0 aliphatic heterocycles. The maximum Gasteiger partial charge on any atom is 0.340 e. The second-order valence-electron chi connectivity index (χ2n) is 6.14. The van der Waals surface area contributed by atoms with Crippen LogP contribution in [0, 0.1) is 22.7 Å². The predicted molar refractivity (Wildman–Crippen MR) is 108 cm³/mol. The van der Waals surface area contributed by atoms with Gasteiger partial charge in [0.2, 0.25) is 0 Å². The van der Waals surface area contributed by atoms with E-state index in [1.807, 2.05) is 12.1 Å². The van der Waals surface area contributed by atoms with E-state index in [0.717, 1.165) is 0 Å². The van der Waals surface area contributed by atoms with Crippen LogP contribution < -0.4 is 5.32 Å². The SMILES string of the molecule is N#CCCN(CCC#N)C(=O)COC(=O)c1ccccc1NC(=O)c1ccccc1. The number of para-hydroxylation sites is 1. The maximum absolute atomic E-state index is 12.5. The van der Waals surface area contributed by atoms with Gasteiger partial charge in [-0.2, -0.15) is 10.5 Å². The Hall–Kier alpha value is -4.17. The molecule has 8 heteroatoms. The molecule has 0 fully saturated rings. The molecule has 0 aliphatic carbocycles. The summed E-state index contributed by atoms with van der Waals surface area (Å²) in [6, 6.07) is 18.7. The molecule has 0 spiro atoms. The first-order chi connectivity index (χ1) is 14.6. The number of amides is 2. The molecule has 0 aromatic heterocycles. The Morgan fingerprint density at radius 2 is 1.50 bits per heavy atom. The minimum Gasteiger partial charge on any atom is -0.452 e. The Kier molecular flexibility index (Phi) is 8.57. The summed E-state index contributed by atoms with van der Waals surface area (Å²) in [6.07, 6.45) is 0.221. The monoisotopic (exact) mass is 404 g/mol. The number of rotatable bonds is 9. The summed E-state index contributed by atoms with van der Waals surface area (Å²) in [6.45, 7) is -0.229. The zero-order valence-corrected chi connectivity index (χ0v) is 16.2. The smallest absolute Gasteiger partial charge is 0.340 e. The number of ether oxygens (including phenoxy) is 1. The lowest BCUT2D eigenvalue weighted by Gasteiger charge is -2.20. The molecule has 0 atom stereocenters. The first-order valence-corrected chi connectivity index (χ1v) is 9.21. The Morgan fingerprint density at radius 3 is 2.13 bits per heavy atom. The summed E-state index contributed by atoms with van der Waals surface area (Å²) in [4.78, 5) is 38.5. The lowest BCUT2D eigenvalue weighted by Crippen LogP contribution is -2.36. The molecule has 0 bridgehead atoms. The van der Waals surface area contributed by atoms with Crippen LogP contribution >= 0.6 is 0 Å². The minimum absolute atomic E-state index is 0.107. The summed E-state index contributed by atoms with van der Waals surface area (Å²) in [5, 5.41) is 20.1. The number of esters is 1. The van der Waals surface area contributed by atoms with Crippen molar-refractivity contribution in [2.75, 3.05) is 25.0 Å². The van der Waals surface area contributed by atoms with E-state index in [9.17, 15) is 14.4 Å². The highest BCUT2D eigenvalue weighted by Crippen LogP contribution is 2.17. The van der Waals surface area contributed by atoms with Crippen molar-refractivity contribution in [2.24, 2.45) is 0 Å². The van der Waals surface area contributed by atoms with Crippen molar-refractivity contribution in [3.63, 3.8) is 0 Å². The fourth-order valence-electron chi connectivity index (χ4n) is 2.58. The molecule has 1 N–H and O–H groups in total. The largest absolute Gasteiger partial charge is 0.452 e. The quantitative estimate of drug-likeness (QED) is 0.641. The van der Waals surface area contributed by atoms with Gasteiger partial charge in [0, 0.05) is 18.7 Å². The van der Waals surface area contributed by atoms with Gasteiger partial charge in [-0.1, -0.05) is 30.3 Å². The zero-order valence-electron chi connectivity index (χ0n) is 16.2. The maximum atomic E-state index is 12.5. The second kappa shape index (κ2) is 11.6. The third-order valence-corrected chi connectivity index (χ3v) is 4.10. The van der Waals surface area contributed by atoms with Crippen molar-refractivity contribution in [3.05, 3.63) is 65.7 Å². The standard InChI is InChI=1S/C22H20N4O4/c23-12-6-14-26(15-7-13-24)20(27)16-30-22(29)18-10-4-5-11-19(18)25-21(28)17-8-2-1-3-9-17/h1-5,8-11H,6-7,14-16H2,(H,25,28). The third kappa shape index (κ3) is 6.47. The van der Waals surface area contributed by atoms with Gasteiger partial charge in [0.1, 0.15) is 0 Å². The first-order valence-electron chi connectivity index (χ1n) is 9.21. The van der Waals surface area contributed by atoms with Crippen molar-refractivity contribution in [1.82, 2.24) is 4.90 Å². The number of nitrogens with one attached hydrogen (secondary N) is 1. The average molecular weight is 404 g/mol. The van der Waals surface area contributed by atoms with E-state index >= 15 is 0 Å². The highest BCUT2D eigenvalue weighted by atomic mass is 16.5. The van der Waals surface area contributed by atoms with Crippen LogP contribution in [0.1, 0.15) is 33.6 Å². The molecule has 152 valence electrons. The van der Waals surface area contributed by atoms with Crippen molar-refractivity contribution in [3.8, 4) is 12.1 Å². The van der Waals surface area contributed by atoms with Gasteiger partial charge in [-0.15, -0.1) is 0 Å². The molecule has 0 aliphatic rings. The van der Waals surface area contributed by atoms with Gasteiger partial charge in [-0.25, -0.2) is 4.79 Å². The fourth-order valence-corrected chi connectivity index (χ4v) is 2.58. The van der Waals surface area contributed by atoms with E-state index in [1.165, 1.54) is 11.0 Å². The number of benzene rings is 2. The van der Waals surface area contributed by atoms with Gasteiger partial charge in [0.25, 0.3) is 11.8 Å². The summed E-state index contributed by atoms with van der Waals surface area (Å²) in [5.74, 6) is -1.65. The molecule has 0 radical (unpaired) electrons. The number of nitriles is 2. The van der Waals surface area contributed by atoms with Gasteiger partial charge in [-0.05, 0) is 24.3 Å². The normalized spacial score (nSPS) is 9.67. The molecule has 2 aromatic rings. The molecule has 2 amide bonds. The van der Waals surface area contributed by atoms with Crippen LogP contribution in [0.4, 0.5) is 5.69 Å². The highest BCUT2D eigenvalue weighted by molar-refractivity contribution is 6.08. The van der Waals surface area contributed by atoms with E-state index in [-0.39, 0.29) is 43.1 Å².